The van der Waals surface area contributed by atoms with Gasteiger partial charge in [-0.3, -0.25) is 9.59 Å². The van der Waals surface area contributed by atoms with Gasteiger partial charge in [-0.25, -0.2) is 4.79 Å². The van der Waals surface area contributed by atoms with Gasteiger partial charge in [-0.2, -0.15) is 0 Å². The normalized spacial score (nSPS) is 11.5. The van der Waals surface area contributed by atoms with E-state index in [4.69, 9.17) is 10.5 Å². The Hall–Kier alpha value is -3.19. The van der Waals surface area contributed by atoms with E-state index < -0.39 is 17.9 Å². The standard InChI is InChI=1S/C22H26N2O5/c1-15-5-4-7-20(18(15)13-25)29-14-16-8-10-17(11-9-16)21(26)24-19(22(27)28)6-2-3-12-23/h4-5,7-11,13,19H,2-3,6,12,14,23H2,1H3,(H,24,26)(H,27,28)/t19-/m0/s1. The molecule has 0 radical (unpaired) electrons. The average Bonchev–Trinajstić information content (AvgIpc) is 2.71. The fourth-order valence-corrected chi connectivity index (χ4v) is 2.84. The molecule has 0 aromatic heterocycles. The minimum absolute atomic E-state index is 0.239. The minimum Gasteiger partial charge on any atom is -0.488 e. The summed E-state index contributed by atoms with van der Waals surface area (Å²) in [4.78, 5) is 34.9. The molecule has 7 heteroatoms. The highest BCUT2D eigenvalue weighted by Crippen LogP contribution is 2.21. The second-order valence-corrected chi connectivity index (χ2v) is 6.74. The molecule has 0 fully saturated rings. The first-order valence-corrected chi connectivity index (χ1v) is 9.46. The van der Waals surface area contributed by atoms with Crippen LogP contribution in [0.4, 0.5) is 0 Å². The fourth-order valence-electron chi connectivity index (χ4n) is 2.84. The number of benzene rings is 2. The van der Waals surface area contributed by atoms with Crippen molar-refractivity contribution in [3.8, 4) is 5.75 Å². The van der Waals surface area contributed by atoms with Gasteiger partial charge < -0.3 is 20.9 Å². The van der Waals surface area contributed by atoms with E-state index in [1.54, 1.807) is 30.3 Å². The Balaban J connectivity index is 1.97. The molecule has 0 heterocycles. The number of aliphatic carboxylic acids is 1. The van der Waals surface area contributed by atoms with Crippen molar-refractivity contribution < 1.29 is 24.2 Å². The highest BCUT2D eigenvalue weighted by atomic mass is 16.5. The largest absolute Gasteiger partial charge is 0.488 e. The Bertz CT molecular complexity index is 849. The number of rotatable bonds is 11. The van der Waals surface area contributed by atoms with Gasteiger partial charge in [-0.05, 0) is 62.1 Å². The first-order valence-electron chi connectivity index (χ1n) is 9.46. The van der Waals surface area contributed by atoms with Crippen LogP contribution in [0.1, 0.15) is 51.1 Å². The number of carbonyl (C=O) groups excluding carboxylic acids is 2. The first kappa shape index (κ1) is 22.1. The van der Waals surface area contributed by atoms with Crippen molar-refractivity contribution in [2.75, 3.05) is 6.54 Å². The third kappa shape index (κ3) is 6.43. The van der Waals surface area contributed by atoms with E-state index in [0.29, 0.717) is 42.7 Å². The molecule has 29 heavy (non-hydrogen) atoms. The van der Waals surface area contributed by atoms with Gasteiger partial charge >= 0.3 is 5.97 Å². The number of aryl methyl sites for hydroxylation is 1. The Labute approximate surface area is 169 Å². The van der Waals surface area contributed by atoms with Crippen LogP contribution < -0.4 is 15.8 Å². The van der Waals surface area contributed by atoms with Crippen LogP contribution in [0, 0.1) is 6.92 Å². The second kappa shape index (κ2) is 11.0. The predicted octanol–water partition coefficient (Wildman–Crippen LogP) is 2.70. The van der Waals surface area contributed by atoms with Crippen LogP contribution in [0.2, 0.25) is 0 Å². The Morgan fingerprint density at radius 3 is 2.52 bits per heavy atom. The summed E-state index contributed by atoms with van der Waals surface area (Å²) in [6.45, 7) is 2.56. The van der Waals surface area contributed by atoms with Crippen LogP contribution in [-0.4, -0.2) is 35.9 Å². The first-order chi connectivity index (χ1) is 14.0. The maximum absolute atomic E-state index is 12.3. The van der Waals surface area contributed by atoms with Crippen LogP contribution in [0.25, 0.3) is 0 Å². The monoisotopic (exact) mass is 398 g/mol. The summed E-state index contributed by atoms with van der Waals surface area (Å²) in [7, 11) is 0. The van der Waals surface area contributed by atoms with Crippen LogP contribution >= 0.6 is 0 Å². The topological polar surface area (TPSA) is 119 Å². The number of carbonyl (C=O) groups is 3. The summed E-state index contributed by atoms with van der Waals surface area (Å²) in [5, 5.41) is 11.8. The number of hydrogen-bond donors (Lipinski definition) is 3. The van der Waals surface area contributed by atoms with Crippen LogP contribution in [0.15, 0.2) is 42.5 Å². The third-order valence-electron chi connectivity index (χ3n) is 4.56. The highest BCUT2D eigenvalue weighted by molar-refractivity contribution is 5.96. The van der Waals surface area contributed by atoms with Crippen molar-refractivity contribution in [3.63, 3.8) is 0 Å². The van der Waals surface area contributed by atoms with Gasteiger partial charge in [0.05, 0.1) is 5.56 Å². The second-order valence-electron chi connectivity index (χ2n) is 6.74. The smallest absolute Gasteiger partial charge is 0.326 e. The van der Waals surface area contributed by atoms with Crippen LogP contribution in [0.5, 0.6) is 5.75 Å². The van der Waals surface area contributed by atoms with Crippen molar-refractivity contribution in [3.05, 3.63) is 64.7 Å². The van der Waals surface area contributed by atoms with Crippen molar-refractivity contribution >= 4 is 18.2 Å². The lowest BCUT2D eigenvalue weighted by Gasteiger charge is -2.14. The number of aldehydes is 1. The molecule has 2 aromatic rings. The highest BCUT2D eigenvalue weighted by Gasteiger charge is 2.20. The molecule has 4 N–H and O–H groups in total. The molecule has 0 saturated heterocycles. The van der Waals surface area contributed by atoms with Crippen molar-refractivity contribution in [2.24, 2.45) is 5.73 Å². The zero-order valence-electron chi connectivity index (χ0n) is 16.4. The van der Waals surface area contributed by atoms with Gasteiger partial charge in [0.2, 0.25) is 0 Å². The lowest BCUT2D eigenvalue weighted by molar-refractivity contribution is -0.139. The summed E-state index contributed by atoms with van der Waals surface area (Å²) < 4.78 is 5.73. The fraction of sp³-hybridized carbons (Fsp3) is 0.318. The zero-order valence-corrected chi connectivity index (χ0v) is 16.4. The van der Waals surface area contributed by atoms with Gasteiger partial charge in [0.15, 0.2) is 6.29 Å². The molecule has 0 aliphatic heterocycles. The van der Waals surface area contributed by atoms with E-state index in [2.05, 4.69) is 5.32 Å². The Morgan fingerprint density at radius 1 is 1.17 bits per heavy atom. The number of amides is 1. The minimum atomic E-state index is -1.07. The molecule has 2 aromatic carbocycles. The van der Waals surface area contributed by atoms with E-state index in [1.165, 1.54) is 0 Å². The molecule has 0 aliphatic carbocycles. The van der Waals surface area contributed by atoms with Gasteiger partial charge in [0.1, 0.15) is 18.4 Å². The number of carboxylic acids is 1. The van der Waals surface area contributed by atoms with E-state index in [1.807, 2.05) is 19.1 Å². The number of unbranched alkanes of at least 4 members (excludes halogenated alkanes) is 1. The summed E-state index contributed by atoms with van der Waals surface area (Å²) in [5.74, 6) is -1.01. The van der Waals surface area contributed by atoms with Crippen molar-refractivity contribution in [1.82, 2.24) is 5.32 Å². The molecule has 1 amide bonds. The molecule has 0 spiro atoms. The summed E-state index contributed by atoms with van der Waals surface area (Å²) >= 11 is 0. The molecule has 154 valence electrons. The van der Waals surface area contributed by atoms with E-state index in [0.717, 1.165) is 17.4 Å². The molecule has 0 bridgehead atoms. The predicted molar refractivity (Wildman–Crippen MR) is 109 cm³/mol. The SMILES string of the molecule is Cc1cccc(OCc2ccc(C(=O)N[C@@H](CCCCN)C(=O)O)cc2)c1C=O. The van der Waals surface area contributed by atoms with Gasteiger partial charge in [0.25, 0.3) is 5.91 Å². The molecule has 0 saturated carbocycles. The Morgan fingerprint density at radius 2 is 1.90 bits per heavy atom. The summed E-state index contributed by atoms with van der Waals surface area (Å²) in [6.07, 6.45) is 2.44. The van der Waals surface area contributed by atoms with E-state index >= 15 is 0 Å². The lowest BCUT2D eigenvalue weighted by Crippen LogP contribution is -2.40. The molecule has 1 atom stereocenters. The third-order valence-corrected chi connectivity index (χ3v) is 4.56. The maximum atomic E-state index is 12.3. The van der Waals surface area contributed by atoms with Gasteiger partial charge in [0, 0.05) is 5.56 Å². The zero-order chi connectivity index (χ0) is 21.2. The molecule has 2 rings (SSSR count). The Kier molecular flexibility index (Phi) is 8.36. The molecule has 0 aliphatic rings. The van der Waals surface area contributed by atoms with Crippen molar-refractivity contribution in [1.29, 1.82) is 0 Å². The summed E-state index contributed by atoms with van der Waals surface area (Å²) in [5.41, 5.74) is 7.95. The molecule has 7 nitrogen and oxygen atoms in total. The number of ether oxygens (including phenoxy) is 1. The molecular weight excluding hydrogens is 372 g/mol. The quantitative estimate of drug-likeness (QED) is 0.396. The van der Waals surface area contributed by atoms with Crippen molar-refractivity contribution in [2.45, 2.75) is 38.8 Å². The number of nitrogens with two attached hydrogens (primary N) is 1. The molecule has 0 unspecified atom stereocenters. The average molecular weight is 398 g/mol. The maximum Gasteiger partial charge on any atom is 0.326 e. The number of hydrogen-bond acceptors (Lipinski definition) is 5. The molecular formula is C22H26N2O5. The van der Waals surface area contributed by atoms with E-state index in [-0.39, 0.29) is 6.61 Å². The van der Waals surface area contributed by atoms with Crippen LogP contribution in [-0.2, 0) is 11.4 Å². The summed E-state index contributed by atoms with van der Waals surface area (Å²) in [6, 6.07) is 11.1. The van der Waals surface area contributed by atoms with Gasteiger partial charge in [-0.1, -0.05) is 24.3 Å². The number of nitrogens with one attached hydrogen (secondary N) is 1. The van der Waals surface area contributed by atoms with Gasteiger partial charge in [-0.15, -0.1) is 0 Å². The number of carboxylic acid groups (broad SMARTS) is 1. The van der Waals surface area contributed by atoms with E-state index in [9.17, 15) is 19.5 Å². The van der Waals surface area contributed by atoms with Crippen LogP contribution in [0.3, 0.4) is 0 Å². The lowest BCUT2D eigenvalue weighted by atomic mass is 10.1.